The second-order valence-electron chi connectivity index (χ2n) is 2.36. The second kappa shape index (κ2) is 3.71. The summed E-state index contributed by atoms with van der Waals surface area (Å²) in [5, 5.41) is 0. The molecular formula is C8H10N2O2. The summed E-state index contributed by atoms with van der Waals surface area (Å²) >= 11 is 0. The van der Waals surface area contributed by atoms with Crippen molar-refractivity contribution in [2.75, 3.05) is 5.73 Å². The minimum Gasteiger partial charge on any atom is -0.459 e. The van der Waals surface area contributed by atoms with E-state index in [0.29, 0.717) is 11.4 Å². The lowest BCUT2D eigenvalue weighted by molar-refractivity contribution is -0.142. The molecule has 4 heteroatoms. The largest absolute Gasteiger partial charge is 0.459 e. The van der Waals surface area contributed by atoms with E-state index < -0.39 is 0 Å². The smallest absolute Gasteiger partial charge is 0.303 e. The zero-order valence-corrected chi connectivity index (χ0v) is 6.78. The molecule has 12 heavy (non-hydrogen) atoms. The van der Waals surface area contributed by atoms with Crippen LogP contribution in [0.15, 0.2) is 18.3 Å². The zero-order valence-electron chi connectivity index (χ0n) is 6.78. The van der Waals surface area contributed by atoms with Crippen molar-refractivity contribution in [3.63, 3.8) is 0 Å². The molecule has 0 fully saturated rings. The molecule has 0 saturated heterocycles. The number of esters is 1. The van der Waals surface area contributed by atoms with Gasteiger partial charge in [0, 0.05) is 18.8 Å². The summed E-state index contributed by atoms with van der Waals surface area (Å²) in [6, 6.07) is 3.35. The van der Waals surface area contributed by atoms with Gasteiger partial charge in [0.1, 0.15) is 6.61 Å². The van der Waals surface area contributed by atoms with Gasteiger partial charge < -0.3 is 10.5 Å². The first-order valence-corrected chi connectivity index (χ1v) is 3.52. The van der Waals surface area contributed by atoms with Crippen LogP contribution in [0.25, 0.3) is 0 Å². The van der Waals surface area contributed by atoms with E-state index in [2.05, 4.69) is 4.98 Å². The Labute approximate surface area is 70.4 Å². The monoisotopic (exact) mass is 166 g/mol. The minimum absolute atomic E-state index is 0.181. The Balaban J connectivity index is 2.57. The summed E-state index contributed by atoms with van der Waals surface area (Å²) in [7, 11) is 0. The second-order valence-corrected chi connectivity index (χ2v) is 2.36. The first-order chi connectivity index (χ1) is 5.68. The van der Waals surface area contributed by atoms with Crippen molar-refractivity contribution in [3.05, 3.63) is 24.0 Å². The van der Waals surface area contributed by atoms with Gasteiger partial charge in [-0.2, -0.15) is 0 Å². The molecule has 4 nitrogen and oxygen atoms in total. The van der Waals surface area contributed by atoms with E-state index in [-0.39, 0.29) is 12.6 Å². The highest BCUT2D eigenvalue weighted by Gasteiger charge is 1.97. The fraction of sp³-hybridized carbons (Fsp3) is 0.250. The van der Waals surface area contributed by atoms with Crippen LogP contribution in [-0.4, -0.2) is 11.0 Å². The van der Waals surface area contributed by atoms with Crippen molar-refractivity contribution in [2.45, 2.75) is 13.5 Å². The highest BCUT2D eigenvalue weighted by molar-refractivity contribution is 5.65. The summed E-state index contributed by atoms with van der Waals surface area (Å²) in [4.78, 5) is 14.4. The van der Waals surface area contributed by atoms with Crippen molar-refractivity contribution in [3.8, 4) is 0 Å². The number of carbonyl (C=O) groups is 1. The predicted octanol–water partition coefficient (Wildman–Crippen LogP) is 0.727. The topological polar surface area (TPSA) is 65.2 Å². The van der Waals surface area contributed by atoms with E-state index in [0.717, 1.165) is 0 Å². The fourth-order valence-electron chi connectivity index (χ4n) is 0.751. The Bertz CT molecular complexity index is 286. The van der Waals surface area contributed by atoms with Gasteiger partial charge in [-0.15, -0.1) is 0 Å². The summed E-state index contributed by atoms with van der Waals surface area (Å²) < 4.78 is 4.73. The van der Waals surface area contributed by atoms with Crippen LogP contribution < -0.4 is 5.73 Å². The molecule has 64 valence electrons. The van der Waals surface area contributed by atoms with Crippen molar-refractivity contribution in [1.82, 2.24) is 4.98 Å². The van der Waals surface area contributed by atoms with Crippen LogP contribution in [0, 0.1) is 0 Å². The average Bonchev–Trinajstić information content (AvgIpc) is 2.01. The lowest BCUT2D eigenvalue weighted by atomic mass is 10.3. The molecule has 1 heterocycles. The number of pyridine rings is 1. The van der Waals surface area contributed by atoms with Crippen molar-refractivity contribution < 1.29 is 9.53 Å². The van der Waals surface area contributed by atoms with Crippen molar-refractivity contribution in [1.29, 1.82) is 0 Å². The molecule has 2 N–H and O–H groups in total. The molecule has 0 aromatic carbocycles. The van der Waals surface area contributed by atoms with E-state index in [1.807, 2.05) is 0 Å². The maximum atomic E-state index is 10.4. The number of hydrogen-bond donors (Lipinski definition) is 1. The van der Waals surface area contributed by atoms with Gasteiger partial charge in [0.25, 0.3) is 0 Å². The number of nitrogens with zero attached hydrogens (tertiary/aromatic N) is 1. The highest BCUT2D eigenvalue weighted by atomic mass is 16.5. The first kappa shape index (κ1) is 8.52. The van der Waals surface area contributed by atoms with E-state index in [1.165, 1.54) is 6.92 Å². The Hall–Kier alpha value is -1.58. The average molecular weight is 166 g/mol. The van der Waals surface area contributed by atoms with Gasteiger partial charge in [-0.05, 0) is 12.1 Å². The Morgan fingerprint density at radius 2 is 2.50 bits per heavy atom. The van der Waals surface area contributed by atoms with Crippen LogP contribution in [0.4, 0.5) is 5.69 Å². The number of aromatic nitrogens is 1. The molecule has 1 aromatic rings. The number of hydrogen-bond acceptors (Lipinski definition) is 4. The SMILES string of the molecule is CC(=O)OCc1cc(N)ccn1. The lowest BCUT2D eigenvalue weighted by Crippen LogP contribution is -2.01. The van der Waals surface area contributed by atoms with Gasteiger partial charge in [0.15, 0.2) is 0 Å². The summed E-state index contributed by atoms with van der Waals surface area (Å²) in [6.07, 6.45) is 1.58. The van der Waals surface area contributed by atoms with Crippen LogP contribution in [0.2, 0.25) is 0 Å². The van der Waals surface area contributed by atoms with Gasteiger partial charge in [-0.25, -0.2) is 0 Å². The molecule has 0 aliphatic carbocycles. The maximum absolute atomic E-state index is 10.4. The molecule has 1 rings (SSSR count). The summed E-state index contributed by atoms with van der Waals surface area (Å²) in [6.45, 7) is 1.53. The standard InChI is InChI=1S/C8H10N2O2/c1-6(11)12-5-8-4-7(9)2-3-10-8/h2-4H,5H2,1H3,(H2,9,10). The van der Waals surface area contributed by atoms with Crippen LogP contribution in [-0.2, 0) is 16.1 Å². The van der Waals surface area contributed by atoms with Gasteiger partial charge in [-0.1, -0.05) is 0 Å². The van der Waals surface area contributed by atoms with Gasteiger partial charge >= 0.3 is 5.97 Å². The molecule has 0 aliphatic heterocycles. The Morgan fingerprint density at radius 1 is 1.75 bits per heavy atom. The molecule has 0 aliphatic rings. The lowest BCUT2D eigenvalue weighted by Gasteiger charge is -2.01. The third-order valence-corrected chi connectivity index (χ3v) is 1.26. The number of carbonyl (C=O) groups excluding carboxylic acids is 1. The van der Waals surface area contributed by atoms with Crippen LogP contribution in [0.1, 0.15) is 12.6 Å². The maximum Gasteiger partial charge on any atom is 0.303 e. The van der Waals surface area contributed by atoms with E-state index in [9.17, 15) is 4.79 Å². The molecule has 0 amide bonds. The van der Waals surface area contributed by atoms with Gasteiger partial charge in [-0.3, -0.25) is 9.78 Å². The molecule has 0 spiro atoms. The minimum atomic E-state index is -0.320. The Kier molecular flexibility index (Phi) is 2.63. The first-order valence-electron chi connectivity index (χ1n) is 3.52. The van der Waals surface area contributed by atoms with Crippen LogP contribution >= 0.6 is 0 Å². The van der Waals surface area contributed by atoms with Crippen molar-refractivity contribution >= 4 is 11.7 Å². The normalized spacial score (nSPS) is 9.42. The summed E-state index contributed by atoms with van der Waals surface area (Å²) in [5.74, 6) is -0.320. The third-order valence-electron chi connectivity index (χ3n) is 1.26. The number of ether oxygens (including phenoxy) is 1. The molecule has 0 radical (unpaired) electrons. The predicted molar refractivity (Wildman–Crippen MR) is 44.1 cm³/mol. The van der Waals surface area contributed by atoms with Crippen LogP contribution in [0.5, 0.6) is 0 Å². The van der Waals surface area contributed by atoms with Crippen LogP contribution in [0.3, 0.4) is 0 Å². The molecule has 0 atom stereocenters. The third kappa shape index (κ3) is 2.57. The molecule has 1 aromatic heterocycles. The zero-order chi connectivity index (χ0) is 8.97. The van der Waals surface area contributed by atoms with E-state index >= 15 is 0 Å². The highest BCUT2D eigenvalue weighted by Crippen LogP contribution is 2.03. The molecular weight excluding hydrogens is 156 g/mol. The number of anilines is 1. The number of rotatable bonds is 2. The van der Waals surface area contributed by atoms with Gasteiger partial charge in [0.2, 0.25) is 0 Å². The number of nitrogens with two attached hydrogens (primary N) is 1. The molecule has 0 unspecified atom stereocenters. The van der Waals surface area contributed by atoms with Gasteiger partial charge in [0.05, 0.1) is 5.69 Å². The molecule has 0 bridgehead atoms. The van der Waals surface area contributed by atoms with E-state index in [4.69, 9.17) is 10.5 Å². The fourth-order valence-corrected chi connectivity index (χ4v) is 0.751. The summed E-state index contributed by atoms with van der Waals surface area (Å²) in [5.41, 5.74) is 6.76. The number of nitrogen functional groups attached to an aromatic ring is 1. The van der Waals surface area contributed by atoms with E-state index in [1.54, 1.807) is 18.3 Å². The Morgan fingerprint density at radius 3 is 3.08 bits per heavy atom. The van der Waals surface area contributed by atoms with Crippen molar-refractivity contribution in [2.24, 2.45) is 0 Å². The molecule has 0 saturated carbocycles. The quantitative estimate of drug-likeness (QED) is 0.657.